The third-order valence-corrected chi connectivity index (χ3v) is 7.17. The fraction of sp³-hybridized carbons (Fsp3) is 0.647. The Kier molecular flexibility index (Phi) is 4.57. The van der Waals surface area contributed by atoms with E-state index in [1.807, 2.05) is 26.0 Å². The molecule has 2 fully saturated rings. The van der Waals surface area contributed by atoms with E-state index < -0.39 is 10.0 Å². The van der Waals surface area contributed by atoms with Gasteiger partial charge in [0.15, 0.2) is 0 Å². The van der Waals surface area contributed by atoms with Crippen LogP contribution < -0.4 is 5.32 Å². The molecule has 0 amide bonds. The van der Waals surface area contributed by atoms with Crippen LogP contribution in [0.4, 0.5) is 0 Å². The van der Waals surface area contributed by atoms with Crippen molar-refractivity contribution in [1.29, 1.82) is 0 Å². The van der Waals surface area contributed by atoms with Crippen LogP contribution >= 0.6 is 0 Å². The highest BCUT2D eigenvalue weighted by Gasteiger charge is 2.33. The topological polar surface area (TPSA) is 49.4 Å². The molecule has 2 saturated heterocycles. The lowest BCUT2D eigenvalue weighted by atomic mass is 9.89. The Labute approximate surface area is 134 Å². The van der Waals surface area contributed by atoms with Crippen LogP contribution in [0.15, 0.2) is 23.1 Å². The summed E-state index contributed by atoms with van der Waals surface area (Å²) in [4.78, 5) is 0.477. The molecule has 0 bridgehead atoms. The van der Waals surface area contributed by atoms with Crippen LogP contribution in [-0.2, 0) is 10.0 Å². The molecule has 122 valence electrons. The normalized spacial score (nSPS) is 24.7. The SMILES string of the molecule is Cc1ccc(C)c(S(=O)(=O)N2CCC(C3CCCN3)CC2)c1. The molecule has 4 nitrogen and oxygen atoms in total. The first-order chi connectivity index (χ1) is 10.5. The van der Waals surface area contributed by atoms with Crippen molar-refractivity contribution in [3.05, 3.63) is 29.3 Å². The third-order valence-electron chi connectivity index (χ3n) is 5.13. The molecule has 0 aromatic heterocycles. The van der Waals surface area contributed by atoms with E-state index in [1.165, 1.54) is 12.8 Å². The zero-order valence-electron chi connectivity index (χ0n) is 13.5. The highest BCUT2D eigenvalue weighted by Crippen LogP contribution is 2.29. The molecule has 22 heavy (non-hydrogen) atoms. The Balaban J connectivity index is 1.73. The maximum Gasteiger partial charge on any atom is 0.243 e. The fourth-order valence-corrected chi connectivity index (χ4v) is 5.54. The van der Waals surface area contributed by atoms with Gasteiger partial charge in [0.1, 0.15) is 0 Å². The minimum absolute atomic E-state index is 0.477. The van der Waals surface area contributed by atoms with E-state index in [0.717, 1.165) is 30.5 Å². The first kappa shape index (κ1) is 16.0. The van der Waals surface area contributed by atoms with Crippen LogP contribution in [-0.4, -0.2) is 38.4 Å². The molecule has 1 unspecified atom stereocenters. The van der Waals surface area contributed by atoms with Gasteiger partial charge in [-0.2, -0.15) is 4.31 Å². The largest absolute Gasteiger partial charge is 0.314 e. The number of sulfonamides is 1. The summed E-state index contributed by atoms with van der Waals surface area (Å²) in [5.41, 5.74) is 1.83. The second-order valence-corrected chi connectivity index (χ2v) is 8.62. The molecule has 2 aliphatic rings. The van der Waals surface area contributed by atoms with Crippen LogP contribution in [0.2, 0.25) is 0 Å². The summed E-state index contributed by atoms with van der Waals surface area (Å²) < 4.78 is 27.5. The highest BCUT2D eigenvalue weighted by atomic mass is 32.2. The Morgan fingerprint density at radius 3 is 2.50 bits per heavy atom. The number of nitrogens with one attached hydrogen (secondary N) is 1. The van der Waals surface area contributed by atoms with Gasteiger partial charge in [-0.25, -0.2) is 8.42 Å². The van der Waals surface area contributed by atoms with Gasteiger partial charge in [-0.1, -0.05) is 12.1 Å². The zero-order valence-corrected chi connectivity index (χ0v) is 14.3. The van der Waals surface area contributed by atoms with E-state index in [0.29, 0.717) is 29.9 Å². The average molecular weight is 322 g/mol. The summed E-state index contributed by atoms with van der Waals surface area (Å²) in [6.45, 7) is 6.24. The maximum absolute atomic E-state index is 12.9. The Morgan fingerprint density at radius 2 is 1.86 bits per heavy atom. The lowest BCUT2D eigenvalue weighted by Crippen LogP contribution is -2.43. The number of rotatable bonds is 3. The van der Waals surface area contributed by atoms with Crippen LogP contribution in [0.5, 0.6) is 0 Å². The Bertz CT molecular complexity index is 628. The number of nitrogens with zero attached hydrogens (tertiary/aromatic N) is 1. The molecule has 2 heterocycles. The predicted molar refractivity (Wildman–Crippen MR) is 88.4 cm³/mol. The first-order valence-corrected chi connectivity index (χ1v) is 9.73. The van der Waals surface area contributed by atoms with E-state index >= 15 is 0 Å². The minimum Gasteiger partial charge on any atom is -0.314 e. The standard InChI is InChI=1S/C17H26N2O2S/c1-13-5-6-14(2)17(12-13)22(20,21)19-10-7-15(8-11-19)16-4-3-9-18-16/h5-6,12,15-16,18H,3-4,7-11H2,1-2H3. The third kappa shape index (κ3) is 3.07. The molecule has 1 N–H and O–H groups in total. The van der Waals surface area contributed by atoms with Gasteiger partial charge in [-0.3, -0.25) is 0 Å². The number of hydrogen-bond acceptors (Lipinski definition) is 3. The second kappa shape index (κ2) is 6.30. The predicted octanol–water partition coefficient (Wildman–Crippen LogP) is 2.46. The molecular weight excluding hydrogens is 296 g/mol. The van der Waals surface area contributed by atoms with Gasteiger partial charge in [-0.05, 0) is 69.2 Å². The number of benzene rings is 1. The van der Waals surface area contributed by atoms with Gasteiger partial charge in [0, 0.05) is 19.1 Å². The zero-order chi connectivity index (χ0) is 15.7. The summed E-state index contributed by atoms with van der Waals surface area (Å²) in [6, 6.07) is 6.27. The Morgan fingerprint density at radius 1 is 1.14 bits per heavy atom. The van der Waals surface area contributed by atoms with Crippen molar-refractivity contribution in [2.45, 2.75) is 50.5 Å². The van der Waals surface area contributed by atoms with Crippen molar-refractivity contribution in [2.75, 3.05) is 19.6 Å². The van der Waals surface area contributed by atoms with Gasteiger partial charge < -0.3 is 5.32 Å². The van der Waals surface area contributed by atoms with Crippen molar-refractivity contribution in [3.63, 3.8) is 0 Å². The second-order valence-electron chi connectivity index (χ2n) is 6.71. The average Bonchev–Trinajstić information content (AvgIpc) is 3.04. The molecule has 0 aliphatic carbocycles. The molecule has 1 aromatic carbocycles. The molecular formula is C17H26N2O2S. The van der Waals surface area contributed by atoms with Gasteiger partial charge in [0.25, 0.3) is 0 Å². The molecule has 1 aromatic rings. The summed E-state index contributed by atoms with van der Waals surface area (Å²) in [5.74, 6) is 0.632. The monoisotopic (exact) mass is 322 g/mol. The maximum atomic E-state index is 12.9. The Hall–Kier alpha value is -0.910. The molecule has 3 rings (SSSR count). The van der Waals surface area contributed by atoms with Crippen LogP contribution in [0.25, 0.3) is 0 Å². The van der Waals surface area contributed by atoms with Crippen molar-refractivity contribution in [3.8, 4) is 0 Å². The van der Waals surface area contributed by atoms with E-state index in [4.69, 9.17) is 0 Å². The first-order valence-electron chi connectivity index (χ1n) is 8.29. The van der Waals surface area contributed by atoms with Crippen molar-refractivity contribution < 1.29 is 8.42 Å². The minimum atomic E-state index is -3.35. The van der Waals surface area contributed by atoms with Gasteiger partial charge in [0.2, 0.25) is 10.0 Å². The summed E-state index contributed by atoms with van der Waals surface area (Å²) >= 11 is 0. The smallest absolute Gasteiger partial charge is 0.243 e. The lowest BCUT2D eigenvalue weighted by molar-refractivity contribution is 0.234. The van der Waals surface area contributed by atoms with E-state index in [9.17, 15) is 8.42 Å². The van der Waals surface area contributed by atoms with Crippen molar-refractivity contribution in [1.82, 2.24) is 9.62 Å². The van der Waals surface area contributed by atoms with E-state index in [1.54, 1.807) is 10.4 Å². The van der Waals surface area contributed by atoms with Gasteiger partial charge in [-0.15, -0.1) is 0 Å². The molecule has 0 radical (unpaired) electrons. The number of hydrogen-bond donors (Lipinski definition) is 1. The van der Waals surface area contributed by atoms with Gasteiger partial charge in [0.05, 0.1) is 4.90 Å². The lowest BCUT2D eigenvalue weighted by Gasteiger charge is -2.34. The van der Waals surface area contributed by atoms with Crippen molar-refractivity contribution in [2.24, 2.45) is 5.92 Å². The van der Waals surface area contributed by atoms with Crippen LogP contribution in [0, 0.1) is 19.8 Å². The summed E-state index contributed by atoms with van der Waals surface area (Å²) in [6.07, 6.45) is 4.45. The van der Waals surface area contributed by atoms with E-state index in [2.05, 4.69) is 5.32 Å². The van der Waals surface area contributed by atoms with Crippen molar-refractivity contribution >= 4 is 10.0 Å². The number of piperidine rings is 1. The van der Waals surface area contributed by atoms with Crippen LogP contribution in [0.1, 0.15) is 36.8 Å². The summed E-state index contributed by atoms with van der Waals surface area (Å²) in [7, 11) is -3.35. The van der Waals surface area contributed by atoms with Crippen LogP contribution in [0.3, 0.4) is 0 Å². The molecule has 0 spiro atoms. The number of aryl methyl sites for hydroxylation is 2. The van der Waals surface area contributed by atoms with E-state index in [-0.39, 0.29) is 0 Å². The highest BCUT2D eigenvalue weighted by molar-refractivity contribution is 7.89. The molecule has 0 saturated carbocycles. The van der Waals surface area contributed by atoms with Gasteiger partial charge >= 0.3 is 0 Å². The quantitative estimate of drug-likeness (QED) is 0.930. The molecule has 1 atom stereocenters. The summed E-state index contributed by atoms with van der Waals surface area (Å²) in [5, 5.41) is 3.56. The fourth-order valence-electron chi connectivity index (χ4n) is 3.76. The molecule has 2 aliphatic heterocycles. The molecule has 5 heteroatoms.